The van der Waals surface area contributed by atoms with E-state index >= 15 is 0 Å². The molecule has 0 bridgehead atoms. The standard InChI is InChI=1S/C32H29OP.2C5H5.Zr/c1-2-3-18-29(32(28-19-10-5-11-20-28)25-27-16-8-4-9-17-27)26-34(33,30-21-12-6-13-22-30)31-23-14-7-15-24-31;2*1-2-4-5-3-1;/h4-17,19-24H,2-3,18H2,1H3;2*1-5H;/q-2;;;+2. The minimum Gasteiger partial charge on any atom is -0.330 e. The normalized spacial score (nSPS) is 13.4. The zero-order valence-corrected chi connectivity index (χ0v) is 29.1. The summed E-state index contributed by atoms with van der Waals surface area (Å²) < 4.78 is 14.8. The molecule has 0 saturated heterocycles. The maximum absolute atomic E-state index is 14.8. The van der Waals surface area contributed by atoms with Crippen molar-refractivity contribution in [2.75, 3.05) is 0 Å². The molecule has 0 atom stereocenters. The molecule has 0 heterocycles. The smallest absolute Gasteiger partial charge is 0.330 e. The van der Waals surface area contributed by atoms with Gasteiger partial charge in [-0.3, -0.25) is 11.1 Å². The van der Waals surface area contributed by atoms with E-state index in [1.165, 1.54) is 0 Å². The van der Waals surface area contributed by atoms with E-state index in [4.69, 9.17) is 0 Å². The average molecular weight is 682 g/mol. The monoisotopic (exact) mass is 680 g/mol. The molecule has 0 spiro atoms. The second-order valence-electron chi connectivity index (χ2n) is 10.1. The fourth-order valence-corrected chi connectivity index (χ4v) is 6.91. The van der Waals surface area contributed by atoms with Crippen molar-refractivity contribution in [3.63, 3.8) is 0 Å². The van der Waals surface area contributed by atoms with Crippen molar-refractivity contribution in [3.8, 4) is 0 Å². The molecule has 0 aliphatic heterocycles. The Hall–Kier alpha value is -3.57. The molecular weight excluding hydrogens is 643 g/mol. The van der Waals surface area contributed by atoms with E-state index in [0.29, 0.717) is 0 Å². The second kappa shape index (κ2) is 20.5. The number of unbranched alkanes of at least 4 members (excludes halogenated alkanes) is 1. The van der Waals surface area contributed by atoms with Crippen LogP contribution in [0, 0.1) is 24.7 Å². The zero-order chi connectivity index (χ0) is 30.7. The predicted octanol–water partition coefficient (Wildman–Crippen LogP) is 10.4. The van der Waals surface area contributed by atoms with Crippen LogP contribution in [0.25, 0.3) is 5.57 Å². The summed E-state index contributed by atoms with van der Waals surface area (Å²) in [7, 11) is -3.15. The van der Waals surface area contributed by atoms with Gasteiger partial charge < -0.3 is 4.57 Å². The number of allylic oxidation sites excluding steroid dienone is 10. The molecular formula is C42H39OPZr. The summed E-state index contributed by atoms with van der Waals surface area (Å²) in [6, 6.07) is 39.9. The van der Waals surface area contributed by atoms with Crippen LogP contribution in [-0.2, 0) is 30.8 Å². The zero-order valence-electron chi connectivity index (χ0n) is 25.8. The SMILES string of the molecule is CCCCC(=[C-]P(=O)(c1ccccc1)c1ccccc1)C(=[C-]c1ccccc1)c1ccccc1.[CH]1C=CC=C1.[CH]1C=CC=C1.[Zr+2]. The summed E-state index contributed by atoms with van der Waals surface area (Å²) in [6.07, 6.45) is 26.4. The van der Waals surface area contributed by atoms with Crippen molar-refractivity contribution >= 4 is 23.3 Å². The summed E-state index contributed by atoms with van der Waals surface area (Å²) >= 11 is 0. The van der Waals surface area contributed by atoms with Crippen molar-refractivity contribution in [2.24, 2.45) is 0 Å². The largest absolute Gasteiger partial charge is 2.00 e. The molecule has 45 heavy (non-hydrogen) atoms. The molecule has 0 saturated carbocycles. The van der Waals surface area contributed by atoms with E-state index < -0.39 is 7.14 Å². The van der Waals surface area contributed by atoms with Crippen LogP contribution < -0.4 is 10.6 Å². The maximum Gasteiger partial charge on any atom is 2.00 e. The average Bonchev–Trinajstić information content (AvgIpc) is 3.88. The van der Waals surface area contributed by atoms with Gasteiger partial charge in [0.2, 0.25) is 0 Å². The van der Waals surface area contributed by atoms with Crippen LogP contribution in [0.15, 0.2) is 176 Å². The van der Waals surface area contributed by atoms with Crippen LogP contribution in [0.1, 0.15) is 37.3 Å². The minimum absolute atomic E-state index is 0. The van der Waals surface area contributed by atoms with Gasteiger partial charge in [0.15, 0.2) is 0 Å². The number of hydrogen-bond acceptors (Lipinski definition) is 1. The molecule has 0 fully saturated rings. The molecule has 1 nitrogen and oxygen atoms in total. The van der Waals surface area contributed by atoms with Crippen molar-refractivity contribution in [1.82, 2.24) is 0 Å². The molecule has 0 aromatic heterocycles. The van der Waals surface area contributed by atoms with Crippen LogP contribution in [0.4, 0.5) is 0 Å². The van der Waals surface area contributed by atoms with E-state index in [-0.39, 0.29) is 26.2 Å². The van der Waals surface area contributed by atoms with Gasteiger partial charge >= 0.3 is 26.2 Å². The number of hydrogen-bond donors (Lipinski definition) is 0. The van der Waals surface area contributed by atoms with Crippen LogP contribution in [0.3, 0.4) is 0 Å². The Balaban J connectivity index is 0.000000425. The van der Waals surface area contributed by atoms with Crippen LogP contribution in [0.5, 0.6) is 0 Å². The van der Waals surface area contributed by atoms with E-state index in [0.717, 1.165) is 52.1 Å². The number of rotatable bonds is 9. The van der Waals surface area contributed by atoms with Crippen LogP contribution in [0.2, 0.25) is 0 Å². The third-order valence-corrected chi connectivity index (χ3v) is 9.47. The summed E-state index contributed by atoms with van der Waals surface area (Å²) in [4.78, 5) is 0. The second-order valence-corrected chi connectivity index (χ2v) is 12.6. The first kappa shape index (κ1) is 35.9. The molecule has 3 heteroatoms. The third-order valence-electron chi connectivity index (χ3n) is 6.83. The van der Waals surface area contributed by atoms with Gasteiger partial charge in [0.1, 0.15) is 0 Å². The van der Waals surface area contributed by atoms with Gasteiger partial charge in [0, 0.05) is 23.5 Å². The summed E-state index contributed by atoms with van der Waals surface area (Å²) in [5.41, 5.74) is 3.95. The summed E-state index contributed by atoms with van der Waals surface area (Å²) in [6.45, 7) is 2.18. The van der Waals surface area contributed by atoms with E-state index in [1.54, 1.807) is 0 Å². The first-order valence-electron chi connectivity index (χ1n) is 15.1. The Morgan fingerprint density at radius 3 is 1.40 bits per heavy atom. The molecule has 0 amide bonds. The molecule has 4 aromatic carbocycles. The molecule has 6 rings (SSSR count). The first-order chi connectivity index (χ1) is 21.7. The Morgan fingerprint density at radius 1 is 0.578 bits per heavy atom. The molecule has 4 aromatic rings. The Kier molecular flexibility index (Phi) is 16.3. The number of benzene rings is 4. The predicted molar refractivity (Wildman–Crippen MR) is 190 cm³/mol. The Labute approximate surface area is 290 Å². The fourth-order valence-electron chi connectivity index (χ4n) is 4.57. The van der Waals surface area contributed by atoms with E-state index in [2.05, 4.69) is 30.9 Å². The van der Waals surface area contributed by atoms with Gasteiger partial charge in [-0.15, -0.1) is 29.8 Å². The van der Waals surface area contributed by atoms with Crippen molar-refractivity contribution < 1.29 is 30.8 Å². The van der Waals surface area contributed by atoms with Crippen LogP contribution >= 0.6 is 7.14 Å². The molecule has 0 unspecified atom stereocenters. The van der Waals surface area contributed by atoms with E-state index in [1.807, 2.05) is 171 Å². The van der Waals surface area contributed by atoms with Gasteiger partial charge in [0.25, 0.3) is 0 Å². The molecule has 2 aliphatic carbocycles. The van der Waals surface area contributed by atoms with Crippen molar-refractivity contribution in [1.29, 1.82) is 0 Å². The van der Waals surface area contributed by atoms with Crippen molar-refractivity contribution in [3.05, 3.63) is 211 Å². The first-order valence-corrected chi connectivity index (χ1v) is 16.8. The van der Waals surface area contributed by atoms with Gasteiger partial charge in [-0.25, -0.2) is 11.9 Å². The van der Waals surface area contributed by atoms with E-state index in [9.17, 15) is 4.57 Å². The minimum atomic E-state index is -3.15. The molecule has 222 valence electrons. The third kappa shape index (κ3) is 11.7. The van der Waals surface area contributed by atoms with Gasteiger partial charge in [-0.05, 0) is 0 Å². The summed E-state index contributed by atoms with van der Waals surface area (Å²) in [5, 5.41) is 1.59. The van der Waals surface area contributed by atoms with Gasteiger partial charge in [-0.1, -0.05) is 172 Å². The van der Waals surface area contributed by atoms with Crippen molar-refractivity contribution in [2.45, 2.75) is 26.2 Å². The quantitative estimate of drug-likeness (QED) is 0.0744. The Bertz CT molecular complexity index is 1540. The fraction of sp³-hybridized carbons (Fsp3) is 0.0952. The maximum atomic E-state index is 14.8. The molecule has 0 N–H and O–H groups in total. The molecule has 2 radical (unpaired) electrons. The van der Waals surface area contributed by atoms with Crippen LogP contribution in [-0.4, -0.2) is 0 Å². The Morgan fingerprint density at radius 2 is 1.00 bits per heavy atom. The molecule has 2 aliphatic rings. The van der Waals surface area contributed by atoms with Gasteiger partial charge in [-0.2, -0.15) is 5.56 Å². The van der Waals surface area contributed by atoms with Gasteiger partial charge in [0.05, 0.1) is 7.14 Å². The topological polar surface area (TPSA) is 17.1 Å². The summed E-state index contributed by atoms with van der Waals surface area (Å²) in [5.74, 6) is 3.59.